The first-order valence-corrected chi connectivity index (χ1v) is 11.9. The maximum absolute atomic E-state index is 12.4. The third-order valence-electron chi connectivity index (χ3n) is 5.05. The highest BCUT2D eigenvalue weighted by Crippen LogP contribution is 2.47. The lowest BCUT2D eigenvalue weighted by molar-refractivity contribution is -0.155. The Morgan fingerprint density at radius 2 is 2.10 bits per heavy atom. The fourth-order valence-corrected chi connectivity index (χ4v) is 5.90. The van der Waals surface area contributed by atoms with E-state index in [9.17, 15) is 22.8 Å². The van der Waals surface area contributed by atoms with Crippen LogP contribution in [0.4, 0.5) is 5.69 Å². The summed E-state index contributed by atoms with van der Waals surface area (Å²) in [5, 5.41) is 2.59. The van der Waals surface area contributed by atoms with E-state index in [0.717, 1.165) is 4.31 Å². The van der Waals surface area contributed by atoms with Crippen molar-refractivity contribution in [2.45, 2.75) is 35.6 Å². The summed E-state index contributed by atoms with van der Waals surface area (Å²) in [6.45, 7) is 1.33. The van der Waals surface area contributed by atoms with Gasteiger partial charge < -0.3 is 15.0 Å². The van der Waals surface area contributed by atoms with Crippen molar-refractivity contribution in [1.82, 2.24) is 9.21 Å². The number of thioether (sulfide) groups is 1. The molecule has 0 unspecified atom stereocenters. The number of nitrogens with zero attached hydrogens (tertiary/aromatic N) is 2. The lowest BCUT2D eigenvalue weighted by Gasteiger charge is -2.29. The number of esters is 1. The van der Waals surface area contributed by atoms with Crippen molar-refractivity contribution >= 4 is 56.9 Å². The molecule has 1 aromatic rings. The molecular weight excluding hydrogens is 454 g/mol. The quantitative estimate of drug-likeness (QED) is 0.620. The first kappa shape index (κ1) is 22.9. The molecule has 0 saturated carbocycles. The van der Waals surface area contributed by atoms with Gasteiger partial charge in [-0.05, 0) is 31.5 Å². The molecule has 30 heavy (non-hydrogen) atoms. The van der Waals surface area contributed by atoms with Gasteiger partial charge in [0.1, 0.15) is 6.04 Å². The van der Waals surface area contributed by atoms with Crippen LogP contribution in [0, 0.1) is 0 Å². The van der Waals surface area contributed by atoms with E-state index in [0.29, 0.717) is 18.6 Å². The van der Waals surface area contributed by atoms with E-state index >= 15 is 0 Å². The Morgan fingerprint density at radius 1 is 1.40 bits per heavy atom. The molecule has 9 nitrogen and oxygen atoms in total. The highest BCUT2D eigenvalue weighted by molar-refractivity contribution is 8.01. The first-order chi connectivity index (χ1) is 14.0. The van der Waals surface area contributed by atoms with Crippen LogP contribution >= 0.6 is 23.4 Å². The van der Waals surface area contributed by atoms with E-state index in [2.05, 4.69) is 5.32 Å². The van der Waals surface area contributed by atoms with Crippen LogP contribution in [0.3, 0.4) is 0 Å². The van der Waals surface area contributed by atoms with Crippen LogP contribution in [0.1, 0.15) is 19.8 Å². The number of hydrogen-bond acceptors (Lipinski definition) is 7. The number of halogens is 1. The number of rotatable bonds is 6. The van der Waals surface area contributed by atoms with Crippen LogP contribution < -0.4 is 5.32 Å². The summed E-state index contributed by atoms with van der Waals surface area (Å²) in [5.41, 5.74) is 0.0827. The molecule has 0 radical (unpaired) electrons. The van der Waals surface area contributed by atoms with Crippen molar-refractivity contribution < 1.29 is 27.5 Å². The minimum absolute atomic E-state index is 0.0426. The number of hydrogen-bond donors (Lipinski definition) is 1. The number of carbonyl (C=O) groups is 3. The van der Waals surface area contributed by atoms with Gasteiger partial charge in [0.15, 0.2) is 6.61 Å². The molecule has 12 heteroatoms. The van der Waals surface area contributed by atoms with Gasteiger partial charge in [0, 0.05) is 26.3 Å². The Bertz CT molecular complexity index is 1000. The summed E-state index contributed by atoms with van der Waals surface area (Å²) in [7, 11) is -0.934. The molecule has 0 spiro atoms. The summed E-state index contributed by atoms with van der Waals surface area (Å²) in [6.07, 6.45) is 1.06. The topological polar surface area (TPSA) is 113 Å². The second-order valence-corrected chi connectivity index (χ2v) is 11.4. The number of ether oxygens (including phenoxy) is 1. The highest BCUT2D eigenvalue weighted by Gasteiger charge is 2.53. The van der Waals surface area contributed by atoms with Crippen molar-refractivity contribution in [3.8, 4) is 0 Å². The monoisotopic (exact) mass is 475 g/mol. The predicted octanol–water partition coefficient (Wildman–Crippen LogP) is 1.53. The first-order valence-electron chi connectivity index (χ1n) is 9.10. The summed E-state index contributed by atoms with van der Waals surface area (Å²) in [5.74, 6) is -1.00. The van der Waals surface area contributed by atoms with Crippen molar-refractivity contribution in [3.63, 3.8) is 0 Å². The number of nitrogens with one attached hydrogen (secondary N) is 1. The van der Waals surface area contributed by atoms with Gasteiger partial charge in [-0.1, -0.05) is 11.6 Å². The van der Waals surface area contributed by atoms with Gasteiger partial charge in [-0.25, -0.2) is 17.5 Å². The van der Waals surface area contributed by atoms with E-state index in [1.807, 2.05) is 6.92 Å². The molecule has 1 N–H and O–H groups in total. The average Bonchev–Trinajstić information content (AvgIpc) is 3.17. The minimum atomic E-state index is -3.71. The molecule has 164 valence electrons. The Morgan fingerprint density at radius 3 is 2.77 bits per heavy atom. The molecule has 2 heterocycles. The van der Waals surface area contributed by atoms with Gasteiger partial charge in [-0.2, -0.15) is 0 Å². The number of carbonyl (C=O) groups excluding carboxylic acids is 3. The highest BCUT2D eigenvalue weighted by atomic mass is 35.5. The zero-order valence-corrected chi connectivity index (χ0v) is 19.1. The normalized spacial score (nSPS) is 23.6. The average molecular weight is 476 g/mol. The van der Waals surface area contributed by atoms with Crippen molar-refractivity contribution in [2.75, 3.05) is 31.8 Å². The Balaban J connectivity index is 1.63. The number of sulfonamides is 1. The van der Waals surface area contributed by atoms with Gasteiger partial charge in [0.2, 0.25) is 15.9 Å². The zero-order valence-electron chi connectivity index (χ0n) is 16.7. The minimum Gasteiger partial charge on any atom is -0.454 e. The van der Waals surface area contributed by atoms with Gasteiger partial charge >= 0.3 is 5.97 Å². The maximum atomic E-state index is 12.4. The molecule has 0 aliphatic carbocycles. The molecular formula is C18H22ClN3O6S2. The molecule has 2 aliphatic heterocycles. The number of amides is 2. The zero-order chi connectivity index (χ0) is 22.3. The molecule has 0 aromatic heterocycles. The molecule has 2 saturated heterocycles. The largest absolute Gasteiger partial charge is 0.454 e. The van der Waals surface area contributed by atoms with E-state index in [4.69, 9.17) is 16.3 Å². The smallest absolute Gasteiger partial charge is 0.330 e. The molecule has 2 atom stereocenters. The van der Waals surface area contributed by atoms with E-state index in [-0.39, 0.29) is 21.5 Å². The maximum Gasteiger partial charge on any atom is 0.330 e. The number of benzene rings is 1. The summed E-state index contributed by atoms with van der Waals surface area (Å²) in [4.78, 5) is 37.9. The summed E-state index contributed by atoms with van der Waals surface area (Å²) >= 11 is 7.58. The molecule has 1 aromatic carbocycles. The van der Waals surface area contributed by atoms with Crippen LogP contribution in [0.25, 0.3) is 0 Å². The van der Waals surface area contributed by atoms with E-state index < -0.39 is 39.4 Å². The lowest BCUT2D eigenvalue weighted by Crippen LogP contribution is -2.47. The Labute approximate surface area is 184 Å². The molecule has 2 aliphatic rings. The fourth-order valence-electron chi connectivity index (χ4n) is 3.39. The van der Waals surface area contributed by atoms with Crippen LogP contribution in [-0.2, 0) is 29.1 Å². The molecule has 2 fully saturated rings. The third kappa shape index (κ3) is 4.29. The molecule has 0 bridgehead atoms. The number of anilines is 1. The van der Waals surface area contributed by atoms with Crippen LogP contribution in [-0.4, -0.2) is 72.8 Å². The van der Waals surface area contributed by atoms with Crippen LogP contribution in [0.15, 0.2) is 23.1 Å². The predicted molar refractivity (Wildman–Crippen MR) is 113 cm³/mol. The molecule has 2 amide bonds. The third-order valence-corrected chi connectivity index (χ3v) is 8.70. The van der Waals surface area contributed by atoms with Gasteiger partial charge in [-0.15, -0.1) is 11.8 Å². The van der Waals surface area contributed by atoms with Crippen molar-refractivity contribution in [1.29, 1.82) is 0 Å². The van der Waals surface area contributed by atoms with E-state index in [1.165, 1.54) is 44.1 Å². The van der Waals surface area contributed by atoms with Crippen molar-refractivity contribution in [2.24, 2.45) is 0 Å². The Hall–Kier alpha value is -1.82. The number of fused-ring (bicyclic) bond motifs is 1. The second kappa shape index (κ2) is 8.37. The van der Waals surface area contributed by atoms with E-state index in [1.54, 1.807) is 4.90 Å². The van der Waals surface area contributed by atoms with Gasteiger partial charge in [-0.3, -0.25) is 9.59 Å². The second-order valence-electron chi connectivity index (χ2n) is 7.35. The standard InChI is InChI=1S/C18H22ClN3O6S2/c1-18-7-6-16(24)22(18)14(10-29-18)17(25)28-9-15(23)20-13-8-11(4-5-12(13)19)30(26,27)21(2)3/h4-5,8,14H,6-7,9-10H2,1-3H3,(H,20,23)/t14-,18+/m1/s1. The van der Waals surface area contributed by atoms with Crippen LogP contribution in [0.2, 0.25) is 5.02 Å². The van der Waals surface area contributed by atoms with Gasteiger partial charge in [0.25, 0.3) is 5.91 Å². The fraction of sp³-hybridized carbons (Fsp3) is 0.500. The SMILES string of the molecule is CN(C)S(=O)(=O)c1ccc(Cl)c(NC(=O)COC(=O)[C@H]2CS[C@@]3(C)CCC(=O)N23)c1. The molecule has 3 rings (SSSR count). The van der Waals surface area contributed by atoms with Crippen molar-refractivity contribution in [3.05, 3.63) is 23.2 Å². The lowest BCUT2D eigenvalue weighted by atomic mass is 10.2. The summed E-state index contributed by atoms with van der Waals surface area (Å²) < 4.78 is 30.7. The van der Waals surface area contributed by atoms with Crippen LogP contribution in [0.5, 0.6) is 0 Å². The van der Waals surface area contributed by atoms with Gasteiger partial charge in [0.05, 0.1) is 20.5 Å². The summed E-state index contributed by atoms with van der Waals surface area (Å²) in [6, 6.07) is 3.20. The Kier molecular flexibility index (Phi) is 6.38.